The first-order valence-electron chi connectivity index (χ1n) is 10.2. The number of alkyl halides is 1. The van der Waals surface area contributed by atoms with E-state index in [-0.39, 0.29) is 18.4 Å². The first kappa shape index (κ1) is 26.4. The van der Waals surface area contributed by atoms with Crippen LogP contribution in [0.25, 0.3) is 0 Å². The van der Waals surface area contributed by atoms with Gasteiger partial charge in [0.25, 0.3) is 0 Å². The number of likely N-dealkylation sites (tertiary alicyclic amines) is 1. The molecule has 0 spiro atoms. The lowest BCUT2D eigenvalue weighted by Crippen LogP contribution is -2.60. The first-order chi connectivity index (χ1) is 14.0. The molecule has 0 radical (unpaired) electrons. The number of carbonyl (C=O) groups excluding carboxylic acids is 1. The zero-order chi connectivity index (χ0) is 22.6. The highest BCUT2D eigenvalue weighted by Crippen LogP contribution is 2.43. The second-order valence-electron chi connectivity index (χ2n) is 8.20. The Morgan fingerprint density at radius 2 is 2.10 bits per heavy atom. The van der Waals surface area contributed by atoms with Gasteiger partial charge in [0.1, 0.15) is 17.6 Å². The summed E-state index contributed by atoms with van der Waals surface area (Å²) in [7, 11) is -2.81. The van der Waals surface area contributed by atoms with Gasteiger partial charge in [-0.1, -0.05) is 13.3 Å². The van der Waals surface area contributed by atoms with Crippen molar-refractivity contribution in [2.24, 2.45) is 5.92 Å². The van der Waals surface area contributed by atoms with Gasteiger partial charge in [-0.15, -0.1) is 23.4 Å². The number of amides is 1. The molecular formula is C18H34ClN2O7PS. The van der Waals surface area contributed by atoms with Crippen molar-refractivity contribution < 1.29 is 33.5 Å². The maximum absolute atomic E-state index is 13.0. The summed E-state index contributed by atoms with van der Waals surface area (Å²) in [6, 6.07) is -0.930. The van der Waals surface area contributed by atoms with Gasteiger partial charge in [-0.25, -0.2) is 4.57 Å². The van der Waals surface area contributed by atoms with E-state index in [9.17, 15) is 14.5 Å². The Labute approximate surface area is 187 Å². The van der Waals surface area contributed by atoms with Gasteiger partial charge in [0.15, 0.2) is 0 Å². The number of aliphatic hydroxyl groups excluding tert-OH is 1. The summed E-state index contributed by atoms with van der Waals surface area (Å²) >= 11 is 7.57. The molecule has 176 valence electrons. The third-order valence-electron chi connectivity index (χ3n) is 5.74. The van der Waals surface area contributed by atoms with Crippen LogP contribution in [0.4, 0.5) is 0 Å². The molecule has 0 aliphatic carbocycles. The predicted molar refractivity (Wildman–Crippen MR) is 116 cm³/mol. The summed E-state index contributed by atoms with van der Waals surface area (Å²) in [4.78, 5) is 33.3. The van der Waals surface area contributed by atoms with Gasteiger partial charge in [0, 0.05) is 13.0 Å². The summed E-state index contributed by atoms with van der Waals surface area (Å²) in [6.07, 6.45) is 1.69. The Morgan fingerprint density at radius 3 is 2.63 bits per heavy atom. The van der Waals surface area contributed by atoms with E-state index in [1.165, 1.54) is 11.8 Å². The van der Waals surface area contributed by atoms with Crippen molar-refractivity contribution in [3.05, 3.63) is 0 Å². The summed E-state index contributed by atoms with van der Waals surface area (Å²) in [5, 5.41) is 13.0. The molecule has 0 bridgehead atoms. The average molecular weight is 489 g/mol. The largest absolute Gasteiger partial charge is 0.469 e. The van der Waals surface area contributed by atoms with E-state index in [2.05, 4.69) is 12.2 Å². The number of phosphoric acid groups is 1. The molecule has 8 atom stereocenters. The number of hydrogen-bond donors (Lipinski definition) is 4. The van der Waals surface area contributed by atoms with Crippen LogP contribution in [0.3, 0.4) is 0 Å². The molecule has 2 fully saturated rings. The molecule has 4 N–H and O–H groups in total. The summed E-state index contributed by atoms with van der Waals surface area (Å²) in [5.74, 6) is 0.323. The highest BCUT2D eigenvalue weighted by molar-refractivity contribution is 7.99. The van der Waals surface area contributed by atoms with Crippen molar-refractivity contribution >= 4 is 37.1 Å². The van der Waals surface area contributed by atoms with E-state index in [1.54, 1.807) is 13.2 Å². The highest BCUT2D eigenvalue weighted by Gasteiger charge is 2.46. The van der Waals surface area contributed by atoms with Crippen molar-refractivity contribution in [2.75, 3.05) is 19.8 Å². The molecule has 8 unspecified atom stereocenters. The van der Waals surface area contributed by atoms with Crippen LogP contribution in [0.1, 0.15) is 39.5 Å². The Bertz CT molecular complexity index is 625. The Kier molecular flexibility index (Phi) is 9.92. The third kappa shape index (κ3) is 7.05. The van der Waals surface area contributed by atoms with Gasteiger partial charge >= 0.3 is 7.82 Å². The molecule has 0 aromatic rings. The zero-order valence-electron chi connectivity index (χ0n) is 17.8. The quantitative estimate of drug-likeness (QED) is 0.282. The number of thioether (sulfide) groups is 1. The van der Waals surface area contributed by atoms with Crippen LogP contribution in [0.2, 0.25) is 0 Å². The number of hydrogen-bond acceptors (Lipinski definition) is 7. The Morgan fingerprint density at radius 1 is 1.43 bits per heavy atom. The van der Waals surface area contributed by atoms with Crippen LogP contribution in [-0.2, 0) is 18.6 Å². The molecule has 2 rings (SSSR count). The first-order valence-corrected chi connectivity index (χ1v) is 13.5. The van der Waals surface area contributed by atoms with E-state index in [4.69, 9.17) is 30.6 Å². The van der Waals surface area contributed by atoms with Crippen molar-refractivity contribution in [1.82, 2.24) is 10.2 Å². The van der Waals surface area contributed by atoms with Gasteiger partial charge in [0.05, 0.1) is 23.6 Å². The molecule has 2 aliphatic heterocycles. The van der Waals surface area contributed by atoms with Gasteiger partial charge in [-0.05, 0) is 39.0 Å². The fourth-order valence-electron chi connectivity index (χ4n) is 4.36. The van der Waals surface area contributed by atoms with Gasteiger partial charge in [0.2, 0.25) is 5.91 Å². The number of nitrogens with one attached hydrogen (secondary N) is 1. The maximum Gasteiger partial charge on any atom is 0.469 e. The van der Waals surface area contributed by atoms with Crippen LogP contribution in [-0.4, -0.2) is 86.8 Å². The number of halogens is 1. The number of rotatable bonds is 9. The summed E-state index contributed by atoms with van der Waals surface area (Å²) in [5.41, 5.74) is -0.719. The number of likely N-dealkylation sites (N-methyl/N-ethyl adjacent to an activating group) is 1. The lowest BCUT2D eigenvalue weighted by atomic mass is 9.94. The zero-order valence-corrected chi connectivity index (χ0v) is 20.3. The fourth-order valence-corrected chi connectivity index (χ4v) is 5.91. The predicted octanol–water partition coefficient (Wildman–Crippen LogP) is 1.54. The standard InChI is InChI=1S/C18H34ClN2O7PS/c1-5-6-11-7-12(21(3)9-11)17(23)20-15(10(2)19)16-13(22)8-14(18(27-16)30-4)28-29(24,25)26/h10-16,18,22H,5-9H2,1-4H3,(H,20,23)(H2,24,25,26). The lowest BCUT2D eigenvalue weighted by molar-refractivity contribution is -0.149. The fraction of sp³-hybridized carbons (Fsp3) is 0.944. The van der Waals surface area contributed by atoms with Crippen molar-refractivity contribution in [3.8, 4) is 0 Å². The number of aliphatic hydroxyl groups is 1. The lowest BCUT2D eigenvalue weighted by Gasteiger charge is -2.42. The highest BCUT2D eigenvalue weighted by atomic mass is 35.5. The molecule has 0 saturated carbocycles. The molecule has 12 heteroatoms. The van der Waals surface area contributed by atoms with Crippen molar-refractivity contribution in [3.63, 3.8) is 0 Å². The SMILES string of the molecule is CCCC1CC(C(=O)NC(C(C)Cl)C2OC(SC)C(OP(=O)(O)O)CC2O)N(C)C1. The third-order valence-corrected chi connectivity index (χ3v) is 7.44. The second kappa shape index (κ2) is 11.3. The summed E-state index contributed by atoms with van der Waals surface area (Å²) < 4.78 is 21.9. The maximum atomic E-state index is 13.0. The van der Waals surface area contributed by atoms with E-state index >= 15 is 0 Å². The smallest absolute Gasteiger partial charge is 0.390 e. The Balaban J connectivity index is 2.08. The van der Waals surface area contributed by atoms with Gasteiger partial charge in [-0.2, -0.15) is 0 Å². The van der Waals surface area contributed by atoms with Gasteiger partial charge in [-0.3, -0.25) is 14.2 Å². The number of ether oxygens (including phenoxy) is 1. The van der Waals surface area contributed by atoms with Crippen LogP contribution in [0.15, 0.2) is 0 Å². The van der Waals surface area contributed by atoms with Crippen LogP contribution in [0.5, 0.6) is 0 Å². The minimum Gasteiger partial charge on any atom is -0.390 e. The molecule has 9 nitrogen and oxygen atoms in total. The number of nitrogens with zero attached hydrogens (tertiary/aromatic N) is 1. The monoisotopic (exact) mass is 488 g/mol. The van der Waals surface area contributed by atoms with Gasteiger partial charge < -0.3 is 24.9 Å². The van der Waals surface area contributed by atoms with Crippen LogP contribution >= 0.6 is 31.2 Å². The normalized spacial score (nSPS) is 35.2. The molecule has 1 amide bonds. The minimum absolute atomic E-state index is 0.0425. The topological polar surface area (TPSA) is 129 Å². The summed E-state index contributed by atoms with van der Waals surface area (Å²) in [6.45, 7) is 4.71. The molecule has 2 aliphatic rings. The second-order valence-corrected chi connectivity index (χ2v) is 11.0. The number of carbonyl (C=O) groups is 1. The van der Waals surface area contributed by atoms with Crippen LogP contribution in [0, 0.1) is 5.92 Å². The molecule has 2 saturated heterocycles. The van der Waals surface area contributed by atoms with E-state index < -0.39 is 43.0 Å². The molecule has 2 heterocycles. The van der Waals surface area contributed by atoms with Crippen LogP contribution < -0.4 is 5.32 Å². The molecular weight excluding hydrogens is 455 g/mol. The minimum atomic E-state index is -4.74. The average Bonchev–Trinajstić information content (AvgIpc) is 2.99. The number of phosphoric ester groups is 1. The molecule has 0 aromatic carbocycles. The van der Waals surface area contributed by atoms with Crippen molar-refractivity contribution in [2.45, 2.75) is 80.7 Å². The molecule has 0 aromatic heterocycles. The molecule has 30 heavy (non-hydrogen) atoms. The Hall–Kier alpha value is 0.1000. The van der Waals surface area contributed by atoms with E-state index in [0.29, 0.717) is 5.92 Å². The van der Waals surface area contributed by atoms with Crippen molar-refractivity contribution in [1.29, 1.82) is 0 Å². The van der Waals surface area contributed by atoms with E-state index in [1.807, 2.05) is 11.9 Å². The van der Waals surface area contributed by atoms with E-state index in [0.717, 1.165) is 25.8 Å².